The average molecular weight is 372 g/mol. The Labute approximate surface area is 152 Å². The smallest absolute Gasteiger partial charge is 0.335 e. The molecule has 0 atom stereocenters. The summed E-state index contributed by atoms with van der Waals surface area (Å²) in [5.41, 5.74) is 0.444. The Bertz CT molecular complexity index is 928. The number of anilines is 1. The Morgan fingerprint density at radius 3 is 2.44 bits per heavy atom. The number of thiophene rings is 1. The molecular formula is C17H12N2O4S2. The normalized spacial score (nSPS) is 16.3. The second-order valence-electron chi connectivity index (χ2n) is 5.26. The molecule has 3 rings (SSSR count). The third-order valence-corrected chi connectivity index (χ3v) is 4.75. The lowest BCUT2D eigenvalue weighted by Crippen LogP contribution is -2.54. The minimum absolute atomic E-state index is 0.0299. The van der Waals surface area contributed by atoms with Gasteiger partial charge in [0.1, 0.15) is 5.57 Å². The van der Waals surface area contributed by atoms with Gasteiger partial charge in [-0.25, -0.2) is 4.79 Å². The van der Waals surface area contributed by atoms with Gasteiger partial charge in [0.15, 0.2) is 5.11 Å². The standard InChI is InChI=1S/C17H12N2O4S2/c1-9-2-7-12(25-9)8-13-14(20)18-17(24)19(15(13)21)11-5-3-10(4-6-11)16(22)23/h2-8H,1H3,(H,22,23)(H,18,20,24)/b13-8+. The fourth-order valence-electron chi connectivity index (χ4n) is 2.32. The lowest BCUT2D eigenvalue weighted by Gasteiger charge is -2.28. The number of aryl methyl sites for hydroxylation is 1. The molecule has 1 saturated heterocycles. The zero-order chi connectivity index (χ0) is 18.1. The summed E-state index contributed by atoms with van der Waals surface area (Å²) in [5, 5.41) is 11.4. The lowest BCUT2D eigenvalue weighted by molar-refractivity contribution is -0.122. The van der Waals surface area contributed by atoms with E-state index in [1.54, 1.807) is 0 Å². The van der Waals surface area contributed by atoms with E-state index in [4.69, 9.17) is 17.3 Å². The Balaban J connectivity index is 1.98. The van der Waals surface area contributed by atoms with Gasteiger partial charge >= 0.3 is 5.97 Å². The molecule has 0 bridgehead atoms. The van der Waals surface area contributed by atoms with Crippen molar-refractivity contribution < 1.29 is 19.5 Å². The fraction of sp³-hybridized carbons (Fsp3) is 0.0588. The number of hydrogen-bond acceptors (Lipinski definition) is 5. The van der Waals surface area contributed by atoms with Crippen molar-refractivity contribution in [2.24, 2.45) is 0 Å². The van der Waals surface area contributed by atoms with E-state index in [0.717, 1.165) is 9.75 Å². The van der Waals surface area contributed by atoms with Gasteiger partial charge in [-0.1, -0.05) is 0 Å². The van der Waals surface area contributed by atoms with Gasteiger partial charge in [0.05, 0.1) is 11.3 Å². The van der Waals surface area contributed by atoms with Gasteiger partial charge in [0, 0.05) is 9.75 Å². The summed E-state index contributed by atoms with van der Waals surface area (Å²) in [4.78, 5) is 38.9. The number of aromatic carboxylic acids is 1. The number of carboxylic acids is 1. The summed E-state index contributed by atoms with van der Waals surface area (Å²) in [7, 11) is 0. The first-order valence-corrected chi connectivity index (χ1v) is 8.40. The van der Waals surface area contributed by atoms with Crippen molar-refractivity contribution in [2.45, 2.75) is 6.92 Å². The summed E-state index contributed by atoms with van der Waals surface area (Å²) in [5.74, 6) is -2.18. The van der Waals surface area contributed by atoms with Crippen molar-refractivity contribution in [2.75, 3.05) is 4.90 Å². The van der Waals surface area contributed by atoms with Crippen LogP contribution in [0.1, 0.15) is 20.1 Å². The molecule has 2 heterocycles. The highest BCUT2D eigenvalue weighted by Crippen LogP contribution is 2.24. The Morgan fingerprint density at radius 2 is 1.88 bits per heavy atom. The molecule has 8 heteroatoms. The van der Waals surface area contributed by atoms with Crippen molar-refractivity contribution in [1.82, 2.24) is 5.32 Å². The van der Waals surface area contributed by atoms with E-state index in [-0.39, 0.29) is 16.2 Å². The molecule has 2 aromatic rings. The van der Waals surface area contributed by atoms with E-state index in [1.807, 2.05) is 19.1 Å². The maximum atomic E-state index is 12.8. The number of amides is 2. The molecule has 1 aromatic carbocycles. The lowest BCUT2D eigenvalue weighted by atomic mass is 10.1. The summed E-state index contributed by atoms with van der Waals surface area (Å²) in [6.45, 7) is 1.93. The number of carbonyl (C=O) groups excluding carboxylic acids is 2. The predicted octanol–water partition coefficient (Wildman–Crippen LogP) is 2.59. The maximum absolute atomic E-state index is 12.8. The van der Waals surface area contributed by atoms with E-state index in [9.17, 15) is 14.4 Å². The molecule has 1 fully saturated rings. The number of hydrogen-bond donors (Lipinski definition) is 2. The van der Waals surface area contributed by atoms with Gasteiger partial charge in [-0.2, -0.15) is 0 Å². The molecular weight excluding hydrogens is 360 g/mol. The molecule has 0 unspecified atom stereocenters. The van der Waals surface area contributed by atoms with Gasteiger partial charge in [0.2, 0.25) is 0 Å². The van der Waals surface area contributed by atoms with Crippen LogP contribution in [0.15, 0.2) is 42.0 Å². The van der Waals surface area contributed by atoms with Crippen LogP contribution in [0.25, 0.3) is 6.08 Å². The Morgan fingerprint density at radius 1 is 1.20 bits per heavy atom. The van der Waals surface area contributed by atoms with E-state index < -0.39 is 17.8 Å². The summed E-state index contributed by atoms with van der Waals surface area (Å²) >= 11 is 6.56. The van der Waals surface area contributed by atoms with Gasteiger partial charge in [-0.3, -0.25) is 19.8 Å². The largest absolute Gasteiger partial charge is 0.478 e. The minimum atomic E-state index is -1.07. The van der Waals surface area contributed by atoms with Crippen molar-refractivity contribution >= 4 is 58.2 Å². The topological polar surface area (TPSA) is 86.7 Å². The third kappa shape index (κ3) is 3.35. The molecule has 126 valence electrons. The predicted molar refractivity (Wildman–Crippen MR) is 98.7 cm³/mol. The van der Waals surface area contributed by atoms with Gasteiger partial charge < -0.3 is 5.11 Å². The zero-order valence-electron chi connectivity index (χ0n) is 13.0. The first-order chi connectivity index (χ1) is 11.9. The zero-order valence-corrected chi connectivity index (χ0v) is 14.6. The Hall–Kier alpha value is -2.84. The van der Waals surface area contributed by atoms with Crippen LogP contribution in [0.3, 0.4) is 0 Å². The summed E-state index contributed by atoms with van der Waals surface area (Å²) < 4.78 is 0. The van der Waals surface area contributed by atoms with Crippen LogP contribution in [0.5, 0.6) is 0 Å². The van der Waals surface area contributed by atoms with Crippen molar-refractivity contribution in [1.29, 1.82) is 0 Å². The fourth-order valence-corrected chi connectivity index (χ4v) is 3.42. The van der Waals surface area contributed by atoms with Gasteiger partial charge in [-0.15, -0.1) is 11.3 Å². The molecule has 0 radical (unpaired) electrons. The van der Waals surface area contributed by atoms with Crippen LogP contribution in [-0.4, -0.2) is 28.0 Å². The van der Waals surface area contributed by atoms with Crippen LogP contribution < -0.4 is 10.2 Å². The monoisotopic (exact) mass is 372 g/mol. The highest BCUT2D eigenvalue weighted by atomic mass is 32.1. The number of benzene rings is 1. The number of nitrogens with zero attached hydrogens (tertiary/aromatic N) is 1. The SMILES string of the molecule is Cc1ccc(/C=C2\C(=O)NC(=S)N(c3ccc(C(=O)O)cc3)C2=O)s1. The summed E-state index contributed by atoms with van der Waals surface area (Å²) in [6, 6.07) is 9.41. The van der Waals surface area contributed by atoms with Gasteiger partial charge in [-0.05, 0) is 61.6 Å². The molecule has 1 aromatic heterocycles. The molecule has 1 aliphatic rings. The van der Waals surface area contributed by atoms with Crippen LogP contribution in [0.4, 0.5) is 5.69 Å². The van der Waals surface area contributed by atoms with Crippen LogP contribution >= 0.6 is 23.6 Å². The number of carbonyl (C=O) groups is 3. The maximum Gasteiger partial charge on any atom is 0.335 e. The van der Waals surface area contributed by atoms with Crippen molar-refractivity contribution in [3.63, 3.8) is 0 Å². The summed E-state index contributed by atoms with van der Waals surface area (Å²) in [6.07, 6.45) is 1.52. The van der Waals surface area contributed by atoms with Gasteiger partial charge in [0.25, 0.3) is 11.8 Å². The molecule has 25 heavy (non-hydrogen) atoms. The second kappa shape index (κ2) is 6.58. The molecule has 0 spiro atoms. The molecule has 0 aliphatic carbocycles. The number of thiocarbonyl (C=S) groups is 1. The molecule has 0 saturated carbocycles. The van der Waals surface area contributed by atoms with Crippen molar-refractivity contribution in [3.8, 4) is 0 Å². The van der Waals surface area contributed by atoms with Crippen LogP contribution in [0, 0.1) is 6.92 Å². The third-order valence-electron chi connectivity index (χ3n) is 3.52. The highest BCUT2D eigenvalue weighted by molar-refractivity contribution is 7.80. The quantitative estimate of drug-likeness (QED) is 0.491. The van der Waals surface area contributed by atoms with Crippen LogP contribution in [0.2, 0.25) is 0 Å². The van der Waals surface area contributed by atoms with E-state index in [2.05, 4.69) is 5.32 Å². The van der Waals surface area contributed by atoms with E-state index in [1.165, 1.54) is 46.6 Å². The second-order valence-corrected chi connectivity index (χ2v) is 6.96. The first kappa shape index (κ1) is 17.0. The molecule has 2 amide bonds. The van der Waals surface area contributed by atoms with E-state index >= 15 is 0 Å². The Kier molecular flexibility index (Phi) is 4.47. The molecule has 2 N–H and O–H groups in total. The van der Waals surface area contributed by atoms with Crippen LogP contribution in [-0.2, 0) is 9.59 Å². The van der Waals surface area contributed by atoms with E-state index in [0.29, 0.717) is 5.69 Å². The highest BCUT2D eigenvalue weighted by Gasteiger charge is 2.34. The number of carboxylic acid groups (broad SMARTS) is 1. The number of rotatable bonds is 3. The minimum Gasteiger partial charge on any atom is -0.478 e. The molecule has 1 aliphatic heterocycles. The molecule has 6 nitrogen and oxygen atoms in total. The average Bonchev–Trinajstić information content (AvgIpc) is 2.97. The van der Waals surface area contributed by atoms with Crippen molar-refractivity contribution in [3.05, 3.63) is 57.3 Å². The number of nitrogens with one attached hydrogen (secondary N) is 1. The first-order valence-electron chi connectivity index (χ1n) is 7.18.